The lowest BCUT2D eigenvalue weighted by Gasteiger charge is -2.37. The second kappa shape index (κ2) is 11.8. The Morgan fingerprint density at radius 3 is 2.69 bits per heavy atom. The first-order valence-corrected chi connectivity index (χ1v) is 11.9. The van der Waals surface area contributed by atoms with E-state index in [1.807, 2.05) is 39.8 Å². The molecule has 35 heavy (non-hydrogen) atoms. The van der Waals surface area contributed by atoms with Gasteiger partial charge in [-0.1, -0.05) is 32.6 Å². The summed E-state index contributed by atoms with van der Waals surface area (Å²) < 4.78 is 6.26. The minimum atomic E-state index is -0.401. The van der Waals surface area contributed by atoms with E-state index >= 15 is 0 Å². The molecule has 1 N–H and O–H groups in total. The van der Waals surface area contributed by atoms with Crippen LogP contribution in [0.5, 0.6) is 5.88 Å². The van der Waals surface area contributed by atoms with Gasteiger partial charge in [0.1, 0.15) is 11.7 Å². The van der Waals surface area contributed by atoms with Gasteiger partial charge >= 0.3 is 0 Å². The predicted octanol–water partition coefficient (Wildman–Crippen LogP) is 2.41. The Labute approximate surface area is 207 Å². The van der Waals surface area contributed by atoms with Gasteiger partial charge in [-0.05, 0) is 30.7 Å². The number of likely N-dealkylation sites (N-methyl/N-ethyl adjacent to an activating group) is 1. The summed E-state index contributed by atoms with van der Waals surface area (Å²) in [7, 11) is 1.75. The topological polar surface area (TPSA) is 95.9 Å². The summed E-state index contributed by atoms with van der Waals surface area (Å²) in [6.07, 6.45) is 4.79. The van der Waals surface area contributed by atoms with E-state index in [0.29, 0.717) is 24.2 Å². The van der Waals surface area contributed by atoms with Crippen LogP contribution in [0.15, 0.2) is 36.8 Å². The van der Waals surface area contributed by atoms with Crippen LogP contribution in [0.3, 0.4) is 0 Å². The van der Waals surface area contributed by atoms with Crippen molar-refractivity contribution in [2.45, 2.75) is 46.3 Å². The third-order valence-electron chi connectivity index (χ3n) is 6.01. The number of aliphatic hydroxyl groups is 1. The van der Waals surface area contributed by atoms with Crippen molar-refractivity contribution in [1.29, 1.82) is 0 Å². The number of hydrogen-bond donors (Lipinski definition) is 1. The molecule has 0 saturated heterocycles. The van der Waals surface area contributed by atoms with Crippen LogP contribution in [-0.2, 0) is 11.2 Å². The molecule has 0 spiro atoms. The van der Waals surface area contributed by atoms with Crippen molar-refractivity contribution in [3.8, 4) is 17.7 Å². The van der Waals surface area contributed by atoms with Crippen LogP contribution in [0.4, 0.5) is 0 Å². The second-order valence-corrected chi connectivity index (χ2v) is 9.43. The Balaban J connectivity index is 1.89. The van der Waals surface area contributed by atoms with E-state index in [1.54, 1.807) is 41.5 Å². The third-order valence-corrected chi connectivity index (χ3v) is 6.01. The molecular formula is C27H34N4O4. The Hall–Kier alpha value is -3.44. The normalized spacial score (nSPS) is 18.5. The van der Waals surface area contributed by atoms with Crippen molar-refractivity contribution < 1.29 is 19.4 Å². The molecule has 2 amide bonds. The van der Waals surface area contributed by atoms with Gasteiger partial charge in [0.15, 0.2) is 0 Å². The summed E-state index contributed by atoms with van der Waals surface area (Å²) in [6, 6.07) is 4.96. The first-order valence-electron chi connectivity index (χ1n) is 11.9. The SMILES string of the molecule is CC(C)C#Cc1cnc2c(c1)C(=O)N([C@@H](C)CO)C[C@H](C)[C@H](CN(C)C(=O)Cc1ccncc1)O2. The average Bonchev–Trinajstić information content (AvgIpc) is 2.84. The van der Waals surface area contributed by atoms with Gasteiger partial charge in [0.25, 0.3) is 5.91 Å². The number of aromatic nitrogens is 2. The van der Waals surface area contributed by atoms with Gasteiger partial charge in [-0.25, -0.2) is 4.98 Å². The lowest BCUT2D eigenvalue weighted by Crippen LogP contribution is -2.50. The van der Waals surface area contributed by atoms with Gasteiger partial charge < -0.3 is 19.6 Å². The van der Waals surface area contributed by atoms with Crippen molar-refractivity contribution >= 4 is 11.8 Å². The summed E-state index contributed by atoms with van der Waals surface area (Å²) in [4.78, 5) is 38.0. The monoisotopic (exact) mass is 478 g/mol. The van der Waals surface area contributed by atoms with E-state index in [9.17, 15) is 14.7 Å². The first kappa shape index (κ1) is 26.2. The number of pyridine rings is 2. The number of carbonyl (C=O) groups excluding carboxylic acids is 2. The zero-order valence-electron chi connectivity index (χ0n) is 21.1. The Morgan fingerprint density at radius 2 is 2.03 bits per heavy atom. The number of hydrogen-bond acceptors (Lipinski definition) is 6. The molecule has 0 bridgehead atoms. The summed E-state index contributed by atoms with van der Waals surface area (Å²) in [6.45, 7) is 8.31. The molecule has 8 heteroatoms. The highest BCUT2D eigenvalue weighted by Crippen LogP contribution is 2.27. The lowest BCUT2D eigenvalue weighted by atomic mass is 9.99. The van der Waals surface area contributed by atoms with Crippen LogP contribution in [0.25, 0.3) is 0 Å². The van der Waals surface area contributed by atoms with Gasteiger partial charge in [-0.3, -0.25) is 14.6 Å². The van der Waals surface area contributed by atoms with E-state index < -0.39 is 6.10 Å². The van der Waals surface area contributed by atoms with Crippen molar-refractivity contribution in [2.75, 3.05) is 26.7 Å². The van der Waals surface area contributed by atoms with Crippen LogP contribution in [-0.4, -0.2) is 75.6 Å². The minimum absolute atomic E-state index is 0.0433. The molecule has 1 aliphatic rings. The van der Waals surface area contributed by atoms with Crippen molar-refractivity contribution in [1.82, 2.24) is 19.8 Å². The van der Waals surface area contributed by atoms with Gasteiger partial charge in [-0.15, -0.1) is 0 Å². The summed E-state index contributed by atoms with van der Waals surface area (Å²) >= 11 is 0. The predicted molar refractivity (Wildman–Crippen MR) is 133 cm³/mol. The quantitative estimate of drug-likeness (QED) is 0.641. The standard InChI is InChI=1S/C27H34N4O4/c1-18(2)6-7-22-12-23-26(29-14-22)35-24(19(3)15-31(27(23)34)20(4)17-32)16-30(5)25(33)13-21-8-10-28-11-9-21/h8-12,14,18-20,24,32H,13,15-17H2,1-5H3/t19-,20-,24-/m0/s1. The Kier molecular flexibility index (Phi) is 8.83. The molecule has 3 rings (SSSR count). The fourth-order valence-corrected chi connectivity index (χ4v) is 3.80. The smallest absolute Gasteiger partial charge is 0.259 e. The van der Waals surface area contributed by atoms with Crippen molar-refractivity contribution in [3.63, 3.8) is 0 Å². The number of rotatable bonds is 6. The molecule has 186 valence electrons. The molecule has 3 heterocycles. The molecule has 2 aromatic heterocycles. The second-order valence-electron chi connectivity index (χ2n) is 9.43. The van der Waals surface area contributed by atoms with Gasteiger partial charge in [0.05, 0.1) is 25.6 Å². The first-order chi connectivity index (χ1) is 16.7. The third kappa shape index (κ3) is 6.80. The summed E-state index contributed by atoms with van der Waals surface area (Å²) in [5.74, 6) is 6.13. The number of fused-ring (bicyclic) bond motifs is 1. The molecule has 0 aliphatic carbocycles. The molecule has 2 aromatic rings. The maximum Gasteiger partial charge on any atom is 0.259 e. The van der Waals surface area contributed by atoms with E-state index in [-0.39, 0.29) is 48.6 Å². The van der Waals surface area contributed by atoms with Gasteiger partial charge in [-0.2, -0.15) is 0 Å². The van der Waals surface area contributed by atoms with Crippen LogP contribution in [0.1, 0.15) is 49.2 Å². The molecule has 0 radical (unpaired) electrons. The number of ether oxygens (including phenoxy) is 1. The zero-order chi connectivity index (χ0) is 25.5. The number of aliphatic hydroxyl groups excluding tert-OH is 1. The number of carbonyl (C=O) groups is 2. The summed E-state index contributed by atoms with van der Waals surface area (Å²) in [5.41, 5.74) is 1.82. The fraction of sp³-hybridized carbons (Fsp3) is 0.481. The summed E-state index contributed by atoms with van der Waals surface area (Å²) in [5, 5.41) is 9.80. The van der Waals surface area contributed by atoms with Crippen molar-refractivity contribution in [2.24, 2.45) is 11.8 Å². The van der Waals surface area contributed by atoms with Crippen LogP contribution in [0.2, 0.25) is 0 Å². The molecular weight excluding hydrogens is 444 g/mol. The van der Waals surface area contributed by atoms with Crippen LogP contribution in [0, 0.1) is 23.7 Å². The largest absolute Gasteiger partial charge is 0.472 e. The van der Waals surface area contributed by atoms with Crippen LogP contribution >= 0.6 is 0 Å². The average molecular weight is 479 g/mol. The molecule has 0 aromatic carbocycles. The van der Waals surface area contributed by atoms with E-state index in [0.717, 1.165) is 5.56 Å². The molecule has 1 aliphatic heterocycles. The van der Waals surface area contributed by atoms with E-state index in [4.69, 9.17) is 4.74 Å². The maximum atomic E-state index is 13.4. The molecule has 0 fully saturated rings. The number of amides is 2. The Morgan fingerprint density at radius 1 is 1.31 bits per heavy atom. The Bertz CT molecular complexity index is 1090. The molecule has 8 nitrogen and oxygen atoms in total. The minimum Gasteiger partial charge on any atom is -0.472 e. The highest BCUT2D eigenvalue weighted by Gasteiger charge is 2.34. The van der Waals surface area contributed by atoms with Gasteiger partial charge in [0.2, 0.25) is 11.8 Å². The fourth-order valence-electron chi connectivity index (χ4n) is 3.80. The van der Waals surface area contributed by atoms with Crippen LogP contribution < -0.4 is 4.74 Å². The molecule has 0 unspecified atom stereocenters. The highest BCUT2D eigenvalue weighted by molar-refractivity contribution is 5.97. The van der Waals surface area contributed by atoms with Crippen molar-refractivity contribution in [3.05, 3.63) is 53.5 Å². The van der Waals surface area contributed by atoms with E-state index in [1.165, 1.54) is 0 Å². The zero-order valence-corrected chi connectivity index (χ0v) is 21.1. The lowest BCUT2D eigenvalue weighted by molar-refractivity contribution is -0.130. The number of nitrogens with zero attached hydrogens (tertiary/aromatic N) is 4. The van der Waals surface area contributed by atoms with Gasteiger partial charge in [0, 0.05) is 49.6 Å². The van der Waals surface area contributed by atoms with E-state index in [2.05, 4.69) is 21.8 Å². The maximum absolute atomic E-state index is 13.4. The highest BCUT2D eigenvalue weighted by atomic mass is 16.5. The molecule has 3 atom stereocenters. The molecule has 0 saturated carbocycles.